The van der Waals surface area contributed by atoms with Gasteiger partial charge in [-0.1, -0.05) is 11.6 Å². The molecule has 8 heteroatoms. The van der Waals surface area contributed by atoms with Crippen molar-refractivity contribution in [3.8, 4) is 5.75 Å². The fraction of sp³-hybridized carbons (Fsp3) is 0.150. The molecule has 0 atom stereocenters. The molecule has 2 N–H and O–H groups in total. The smallest absolute Gasteiger partial charge is 0.277 e. The summed E-state index contributed by atoms with van der Waals surface area (Å²) >= 11 is 5.88. The number of imide groups is 1. The van der Waals surface area contributed by atoms with Crippen molar-refractivity contribution < 1.29 is 24.2 Å². The highest BCUT2D eigenvalue weighted by Gasteiger charge is 2.31. The summed E-state index contributed by atoms with van der Waals surface area (Å²) < 4.78 is 5.20. The highest BCUT2D eigenvalue weighted by atomic mass is 35.5. The van der Waals surface area contributed by atoms with Crippen LogP contribution in [0.3, 0.4) is 0 Å². The minimum Gasteiger partial charge on any atom is -0.497 e. The number of halogens is 1. The predicted octanol–water partition coefficient (Wildman–Crippen LogP) is 2.24. The summed E-state index contributed by atoms with van der Waals surface area (Å²) in [4.78, 5) is 38.2. The number of aliphatic hydroxyl groups is 1. The largest absolute Gasteiger partial charge is 0.497 e. The molecule has 0 aliphatic carbocycles. The first-order chi connectivity index (χ1) is 13.4. The number of hydrogen-bond donors (Lipinski definition) is 2. The number of carbonyl (C=O) groups excluding carboxylic acids is 3. The summed E-state index contributed by atoms with van der Waals surface area (Å²) in [6, 6.07) is 11.2. The van der Waals surface area contributed by atoms with Crippen molar-refractivity contribution in [2.45, 2.75) is 0 Å². The van der Waals surface area contributed by atoms with Crippen LogP contribution in [0.5, 0.6) is 5.75 Å². The zero-order valence-corrected chi connectivity index (χ0v) is 15.7. The van der Waals surface area contributed by atoms with Gasteiger partial charge in [0.25, 0.3) is 11.8 Å². The van der Waals surface area contributed by atoms with Crippen LogP contribution < -0.4 is 10.1 Å². The van der Waals surface area contributed by atoms with Crippen LogP contribution in [0, 0.1) is 0 Å². The molecule has 3 rings (SSSR count). The highest BCUT2D eigenvalue weighted by molar-refractivity contribution is 6.30. The third-order valence-electron chi connectivity index (χ3n) is 4.18. The molecule has 0 unspecified atom stereocenters. The number of carbonyl (C=O) groups is 3. The number of ketones is 1. The number of hydrogen-bond acceptors (Lipinski definition) is 6. The highest BCUT2D eigenvalue weighted by Crippen LogP contribution is 2.27. The molecule has 1 aliphatic rings. The predicted molar refractivity (Wildman–Crippen MR) is 103 cm³/mol. The van der Waals surface area contributed by atoms with Gasteiger partial charge < -0.3 is 15.2 Å². The van der Waals surface area contributed by atoms with Crippen molar-refractivity contribution in [2.75, 3.05) is 25.6 Å². The van der Waals surface area contributed by atoms with Gasteiger partial charge in [-0.3, -0.25) is 19.3 Å². The van der Waals surface area contributed by atoms with Crippen molar-refractivity contribution in [3.05, 3.63) is 70.4 Å². The van der Waals surface area contributed by atoms with E-state index < -0.39 is 11.8 Å². The van der Waals surface area contributed by atoms with Gasteiger partial charge in [0.05, 0.1) is 25.9 Å². The Hall–Kier alpha value is -3.16. The van der Waals surface area contributed by atoms with Crippen LogP contribution in [-0.4, -0.2) is 47.9 Å². The fourth-order valence-electron chi connectivity index (χ4n) is 2.76. The Kier molecular flexibility index (Phi) is 5.77. The van der Waals surface area contributed by atoms with E-state index in [1.54, 1.807) is 42.5 Å². The van der Waals surface area contributed by atoms with E-state index in [0.29, 0.717) is 22.0 Å². The lowest BCUT2D eigenvalue weighted by Crippen LogP contribution is -2.34. The van der Waals surface area contributed by atoms with E-state index in [4.69, 9.17) is 21.4 Å². The number of β-amino-alcohol motifs (C(OH)–C–C–N with tert-alkyl or cyclic N) is 1. The van der Waals surface area contributed by atoms with Crippen molar-refractivity contribution in [2.24, 2.45) is 0 Å². The number of amides is 2. The SMILES string of the molecule is COc1ccc(NC2=CC(=O)N(CCO)C2=O)c(C(=O)c2ccc(Cl)cc2)c1. The van der Waals surface area contributed by atoms with Crippen LogP contribution in [0.15, 0.2) is 54.2 Å². The molecule has 144 valence electrons. The van der Waals surface area contributed by atoms with Gasteiger partial charge in [-0.25, -0.2) is 0 Å². The molecular formula is C20H17ClN2O5. The molecule has 0 fully saturated rings. The van der Waals surface area contributed by atoms with Gasteiger partial charge in [0.1, 0.15) is 11.4 Å². The molecule has 2 aromatic carbocycles. The normalized spacial score (nSPS) is 13.5. The molecule has 2 aromatic rings. The second-order valence-corrected chi connectivity index (χ2v) is 6.39. The third-order valence-corrected chi connectivity index (χ3v) is 4.43. The molecular weight excluding hydrogens is 384 g/mol. The molecule has 1 aliphatic heterocycles. The number of anilines is 1. The Morgan fingerprint density at radius 3 is 2.54 bits per heavy atom. The van der Waals surface area contributed by atoms with Gasteiger partial charge in [-0.2, -0.15) is 0 Å². The Morgan fingerprint density at radius 1 is 1.18 bits per heavy atom. The van der Waals surface area contributed by atoms with Gasteiger partial charge in [-0.05, 0) is 42.5 Å². The zero-order chi connectivity index (χ0) is 20.3. The second-order valence-electron chi connectivity index (χ2n) is 5.95. The number of methoxy groups -OCH3 is 1. The maximum absolute atomic E-state index is 13.0. The van der Waals surface area contributed by atoms with Crippen LogP contribution in [0.2, 0.25) is 5.02 Å². The van der Waals surface area contributed by atoms with Crippen molar-refractivity contribution in [1.29, 1.82) is 0 Å². The molecule has 1 heterocycles. The van der Waals surface area contributed by atoms with Crippen LogP contribution >= 0.6 is 11.6 Å². The van der Waals surface area contributed by atoms with E-state index in [0.717, 1.165) is 11.0 Å². The number of aliphatic hydroxyl groups excluding tert-OH is 1. The number of rotatable bonds is 7. The van der Waals surface area contributed by atoms with Gasteiger partial charge in [-0.15, -0.1) is 0 Å². The number of nitrogens with one attached hydrogen (secondary N) is 1. The van der Waals surface area contributed by atoms with Crippen molar-refractivity contribution in [1.82, 2.24) is 4.90 Å². The summed E-state index contributed by atoms with van der Waals surface area (Å²) in [6.07, 6.45) is 1.14. The molecule has 0 saturated heterocycles. The number of benzene rings is 2. The molecule has 2 amide bonds. The van der Waals surface area contributed by atoms with Crippen molar-refractivity contribution in [3.63, 3.8) is 0 Å². The Morgan fingerprint density at radius 2 is 1.89 bits per heavy atom. The van der Waals surface area contributed by atoms with Gasteiger partial charge in [0, 0.05) is 22.2 Å². The van der Waals surface area contributed by atoms with Crippen LogP contribution in [-0.2, 0) is 9.59 Å². The van der Waals surface area contributed by atoms with Gasteiger partial charge in [0.2, 0.25) is 0 Å². The summed E-state index contributed by atoms with van der Waals surface area (Å²) in [5, 5.41) is 12.4. The van der Waals surface area contributed by atoms with E-state index in [9.17, 15) is 14.4 Å². The summed E-state index contributed by atoms with van der Waals surface area (Å²) in [6.45, 7) is -0.431. The van der Waals surface area contributed by atoms with Crippen LogP contribution in [0.4, 0.5) is 5.69 Å². The first-order valence-electron chi connectivity index (χ1n) is 8.38. The molecule has 0 saturated carbocycles. The first kappa shape index (κ1) is 19.6. The summed E-state index contributed by atoms with van der Waals surface area (Å²) in [5.41, 5.74) is 1.04. The molecule has 0 spiro atoms. The van der Waals surface area contributed by atoms with E-state index in [1.807, 2.05) is 0 Å². The monoisotopic (exact) mass is 400 g/mol. The maximum Gasteiger partial charge on any atom is 0.277 e. The van der Waals surface area contributed by atoms with Gasteiger partial charge >= 0.3 is 0 Å². The molecule has 7 nitrogen and oxygen atoms in total. The minimum atomic E-state index is -0.570. The lowest BCUT2D eigenvalue weighted by molar-refractivity contribution is -0.137. The average Bonchev–Trinajstić information content (AvgIpc) is 2.96. The lowest BCUT2D eigenvalue weighted by atomic mass is 10.0. The van der Waals surface area contributed by atoms with Crippen LogP contribution in [0.1, 0.15) is 15.9 Å². The van der Waals surface area contributed by atoms with E-state index in [1.165, 1.54) is 7.11 Å². The van der Waals surface area contributed by atoms with Gasteiger partial charge in [0.15, 0.2) is 5.78 Å². The quantitative estimate of drug-likeness (QED) is 0.546. The molecule has 0 bridgehead atoms. The van der Waals surface area contributed by atoms with Crippen LogP contribution in [0.25, 0.3) is 0 Å². The standard InChI is InChI=1S/C20H17ClN2O5/c1-28-14-6-7-16(22-17-11-18(25)23(8-9-24)20(17)27)15(10-14)19(26)12-2-4-13(21)5-3-12/h2-7,10-11,22,24H,8-9H2,1H3. The van der Waals surface area contributed by atoms with E-state index in [-0.39, 0.29) is 30.2 Å². The topological polar surface area (TPSA) is 95.9 Å². The second kappa shape index (κ2) is 8.24. The Bertz CT molecular complexity index is 969. The number of nitrogens with zero attached hydrogens (tertiary/aromatic N) is 1. The number of ether oxygens (including phenoxy) is 1. The Balaban J connectivity index is 1.95. The minimum absolute atomic E-state index is 0.0220. The average molecular weight is 401 g/mol. The molecule has 28 heavy (non-hydrogen) atoms. The van der Waals surface area contributed by atoms with E-state index >= 15 is 0 Å². The summed E-state index contributed by atoms with van der Waals surface area (Å²) in [7, 11) is 1.48. The molecule has 0 aromatic heterocycles. The van der Waals surface area contributed by atoms with Crippen molar-refractivity contribution >= 4 is 34.9 Å². The lowest BCUT2D eigenvalue weighted by Gasteiger charge is -2.15. The Labute approximate surface area is 166 Å². The fourth-order valence-corrected chi connectivity index (χ4v) is 2.88. The maximum atomic E-state index is 13.0. The zero-order valence-electron chi connectivity index (χ0n) is 14.9. The van der Waals surface area contributed by atoms with E-state index in [2.05, 4.69) is 5.32 Å². The first-order valence-corrected chi connectivity index (χ1v) is 8.76. The molecule has 0 radical (unpaired) electrons. The third kappa shape index (κ3) is 3.90. The summed E-state index contributed by atoms with van der Waals surface area (Å²) in [5.74, 6) is -0.935.